The quantitative estimate of drug-likeness (QED) is 0.624. The second-order valence-electron chi connectivity index (χ2n) is 6.92. The number of carbonyl (C=O) groups is 1. The third-order valence-corrected chi connectivity index (χ3v) is 5.11. The summed E-state index contributed by atoms with van der Waals surface area (Å²) in [5, 5.41) is 7.46. The minimum Gasteiger partial charge on any atom is -0.352 e. The third-order valence-electron chi connectivity index (χ3n) is 4.50. The van der Waals surface area contributed by atoms with E-state index < -0.39 is 10.0 Å². The number of anilines is 1. The number of nitrogens with one attached hydrogen (secondary N) is 2. The van der Waals surface area contributed by atoms with E-state index in [9.17, 15) is 13.2 Å². The molecule has 0 unspecified atom stereocenters. The van der Waals surface area contributed by atoms with Gasteiger partial charge in [-0.3, -0.25) is 9.52 Å². The van der Waals surface area contributed by atoms with Crippen LogP contribution in [0, 0.1) is 13.8 Å². The molecule has 2 N–H and O–H groups in total. The van der Waals surface area contributed by atoms with Crippen molar-refractivity contribution in [3.8, 4) is 5.69 Å². The molecular formula is C21H24N4O3S. The largest absolute Gasteiger partial charge is 0.352 e. The summed E-state index contributed by atoms with van der Waals surface area (Å²) in [6.07, 6.45) is 1.33. The summed E-state index contributed by atoms with van der Waals surface area (Å²) in [6, 6.07) is 16.7. The molecule has 0 saturated heterocycles. The van der Waals surface area contributed by atoms with Crippen LogP contribution < -0.4 is 10.0 Å². The molecule has 0 saturated carbocycles. The number of rotatable bonds is 7. The van der Waals surface area contributed by atoms with Gasteiger partial charge in [0.25, 0.3) is 0 Å². The molecule has 0 spiro atoms. The van der Waals surface area contributed by atoms with Crippen LogP contribution in [0.15, 0.2) is 54.6 Å². The first-order valence-corrected chi connectivity index (χ1v) is 11.1. The number of amides is 1. The fraction of sp³-hybridized carbons (Fsp3) is 0.238. The van der Waals surface area contributed by atoms with E-state index in [-0.39, 0.29) is 12.3 Å². The van der Waals surface area contributed by atoms with Crippen molar-refractivity contribution in [1.29, 1.82) is 0 Å². The van der Waals surface area contributed by atoms with Gasteiger partial charge >= 0.3 is 0 Å². The Morgan fingerprint density at radius 1 is 1.07 bits per heavy atom. The van der Waals surface area contributed by atoms with Crippen molar-refractivity contribution in [3.63, 3.8) is 0 Å². The van der Waals surface area contributed by atoms with Crippen LogP contribution in [-0.4, -0.2) is 30.4 Å². The fourth-order valence-corrected chi connectivity index (χ4v) is 3.69. The highest BCUT2D eigenvalue weighted by atomic mass is 32.2. The zero-order chi connectivity index (χ0) is 21.0. The summed E-state index contributed by atoms with van der Waals surface area (Å²) in [6.45, 7) is 4.16. The normalized spacial score (nSPS) is 11.3. The summed E-state index contributed by atoms with van der Waals surface area (Å²) < 4.78 is 27.0. The number of aryl methyl sites for hydroxylation is 1. The van der Waals surface area contributed by atoms with Crippen molar-refractivity contribution in [2.24, 2.45) is 0 Å². The van der Waals surface area contributed by atoms with Crippen LogP contribution in [0.2, 0.25) is 0 Å². The van der Waals surface area contributed by atoms with E-state index in [2.05, 4.69) is 15.1 Å². The van der Waals surface area contributed by atoms with Crippen molar-refractivity contribution in [3.05, 3.63) is 77.1 Å². The van der Waals surface area contributed by atoms with Crippen molar-refractivity contribution < 1.29 is 13.2 Å². The Kier molecular flexibility index (Phi) is 6.03. The molecule has 0 aliphatic carbocycles. The molecule has 0 fully saturated rings. The number of hydrogen-bond acceptors (Lipinski definition) is 4. The predicted molar refractivity (Wildman–Crippen MR) is 113 cm³/mol. The van der Waals surface area contributed by atoms with E-state index in [4.69, 9.17) is 0 Å². The van der Waals surface area contributed by atoms with E-state index in [1.165, 1.54) is 0 Å². The lowest BCUT2D eigenvalue weighted by molar-refractivity contribution is -0.120. The minimum atomic E-state index is -3.34. The first-order chi connectivity index (χ1) is 13.7. The lowest BCUT2D eigenvalue weighted by atomic mass is 10.1. The second kappa shape index (κ2) is 8.48. The van der Waals surface area contributed by atoms with Gasteiger partial charge in [-0.25, -0.2) is 13.1 Å². The van der Waals surface area contributed by atoms with E-state index in [1.807, 2.05) is 54.9 Å². The highest BCUT2D eigenvalue weighted by Crippen LogP contribution is 2.18. The fourth-order valence-electron chi connectivity index (χ4n) is 3.13. The maximum absolute atomic E-state index is 12.5. The van der Waals surface area contributed by atoms with Crippen LogP contribution in [0.5, 0.6) is 0 Å². The first kappa shape index (κ1) is 20.6. The summed E-state index contributed by atoms with van der Waals surface area (Å²) in [7, 11) is -3.34. The molecule has 1 amide bonds. The molecule has 1 heterocycles. The molecule has 29 heavy (non-hydrogen) atoms. The Bertz CT molecular complexity index is 1120. The molecule has 8 heteroatoms. The summed E-state index contributed by atoms with van der Waals surface area (Å²) in [5.74, 6) is -0.120. The topological polar surface area (TPSA) is 93.1 Å². The summed E-state index contributed by atoms with van der Waals surface area (Å²) in [4.78, 5) is 12.5. The van der Waals surface area contributed by atoms with Crippen LogP contribution in [0.25, 0.3) is 5.69 Å². The Balaban J connectivity index is 1.66. The number of para-hydroxylation sites is 1. The van der Waals surface area contributed by atoms with Gasteiger partial charge in [-0.05, 0) is 43.7 Å². The predicted octanol–water partition coefficient (Wildman–Crippen LogP) is 2.72. The maximum atomic E-state index is 12.5. The lowest BCUT2D eigenvalue weighted by Gasteiger charge is -2.09. The Morgan fingerprint density at radius 3 is 2.48 bits per heavy atom. The van der Waals surface area contributed by atoms with Gasteiger partial charge in [-0.15, -0.1) is 0 Å². The number of benzene rings is 2. The number of nitrogens with zero attached hydrogens (tertiary/aromatic N) is 2. The Hall–Kier alpha value is -3.13. The zero-order valence-corrected chi connectivity index (χ0v) is 17.5. The molecule has 0 aliphatic rings. The van der Waals surface area contributed by atoms with Crippen molar-refractivity contribution in [2.75, 3.05) is 11.0 Å². The molecule has 0 atom stereocenters. The molecule has 3 rings (SSSR count). The standard InChI is InChI=1S/C21H24N4O3S/c1-15-20(16(2)25(23-15)19-10-5-4-6-11-19)13-21(26)22-14-17-8-7-9-18(12-17)24-29(3,27)28/h4-12,24H,13-14H2,1-3H3,(H,22,26). The summed E-state index contributed by atoms with van der Waals surface area (Å²) >= 11 is 0. The average molecular weight is 413 g/mol. The third kappa shape index (κ3) is 5.45. The highest BCUT2D eigenvalue weighted by Gasteiger charge is 2.16. The molecule has 0 aliphatic heterocycles. The van der Waals surface area contributed by atoms with Gasteiger partial charge < -0.3 is 5.32 Å². The van der Waals surface area contributed by atoms with Crippen molar-refractivity contribution in [2.45, 2.75) is 26.8 Å². The van der Waals surface area contributed by atoms with Crippen LogP contribution in [0.3, 0.4) is 0 Å². The van der Waals surface area contributed by atoms with Crippen molar-refractivity contribution >= 4 is 21.6 Å². The van der Waals surface area contributed by atoms with Gasteiger partial charge in [-0.2, -0.15) is 5.10 Å². The monoisotopic (exact) mass is 412 g/mol. The smallest absolute Gasteiger partial charge is 0.229 e. The molecule has 7 nitrogen and oxygen atoms in total. The number of sulfonamides is 1. The number of aromatic nitrogens is 2. The van der Waals surface area contributed by atoms with Crippen LogP contribution in [-0.2, 0) is 27.8 Å². The van der Waals surface area contributed by atoms with Crippen LogP contribution in [0.4, 0.5) is 5.69 Å². The Morgan fingerprint density at radius 2 is 1.79 bits per heavy atom. The Labute approximate surface area is 170 Å². The highest BCUT2D eigenvalue weighted by molar-refractivity contribution is 7.92. The number of hydrogen-bond donors (Lipinski definition) is 2. The second-order valence-corrected chi connectivity index (χ2v) is 8.67. The molecule has 0 bridgehead atoms. The molecule has 152 valence electrons. The van der Waals surface area contributed by atoms with Crippen molar-refractivity contribution in [1.82, 2.24) is 15.1 Å². The summed E-state index contributed by atoms with van der Waals surface area (Å²) in [5.41, 5.74) is 4.88. The van der Waals surface area contributed by atoms with Gasteiger partial charge in [0, 0.05) is 23.5 Å². The lowest BCUT2D eigenvalue weighted by Crippen LogP contribution is -2.25. The number of carbonyl (C=O) groups excluding carboxylic acids is 1. The molecular weight excluding hydrogens is 388 g/mol. The zero-order valence-electron chi connectivity index (χ0n) is 16.6. The SMILES string of the molecule is Cc1nn(-c2ccccc2)c(C)c1CC(=O)NCc1cccc(NS(C)(=O)=O)c1. The average Bonchev–Trinajstić information content (AvgIpc) is 2.94. The van der Waals surface area contributed by atoms with E-state index in [0.29, 0.717) is 12.2 Å². The molecule has 2 aromatic carbocycles. The van der Waals surface area contributed by atoms with Gasteiger partial charge in [0.2, 0.25) is 15.9 Å². The van der Waals surface area contributed by atoms with E-state index in [1.54, 1.807) is 18.2 Å². The van der Waals surface area contributed by atoms with Gasteiger partial charge in [-0.1, -0.05) is 30.3 Å². The molecule has 3 aromatic rings. The van der Waals surface area contributed by atoms with Gasteiger partial charge in [0.05, 0.1) is 24.1 Å². The first-order valence-electron chi connectivity index (χ1n) is 9.17. The maximum Gasteiger partial charge on any atom is 0.229 e. The van der Waals surface area contributed by atoms with Gasteiger partial charge in [0.15, 0.2) is 0 Å². The van der Waals surface area contributed by atoms with Crippen LogP contribution in [0.1, 0.15) is 22.5 Å². The molecule has 0 radical (unpaired) electrons. The minimum absolute atomic E-state index is 0.120. The van der Waals surface area contributed by atoms with Gasteiger partial charge in [0.1, 0.15) is 0 Å². The van der Waals surface area contributed by atoms with Crippen LogP contribution >= 0.6 is 0 Å². The molecule has 1 aromatic heterocycles. The van der Waals surface area contributed by atoms with E-state index in [0.717, 1.165) is 34.5 Å². The van der Waals surface area contributed by atoms with E-state index >= 15 is 0 Å².